The number of hydrogen-bond acceptors (Lipinski definition) is 4. The summed E-state index contributed by atoms with van der Waals surface area (Å²) in [6.07, 6.45) is 1.68. The summed E-state index contributed by atoms with van der Waals surface area (Å²) in [6.45, 7) is 1.88. The zero-order valence-electron chi connectivity index (χ0n) is 8.71. The quantitative estimate of drug-likeness (QED) is 0.781. The van der Waals surface area contributed by atoms with Crippen LogP contribution < -0.4 is 0 Å². The summed E-state index contributed by atoms with van der Waals surface area (Å²) in [5, 5.41) is 12.3. The Labute approximate surface area is 92.6 Å². The maximum absolute atomic E-state index is 10.4. The van der Waals surface area contributed by atoms with E-state index in [-0.39, 0.29) is 11.4 Å². The lowest BCUT2D eigenvalue weighted by Gasteiger charge is -2.03. The van der Waals surface area contributed by atoms with E-state index < -0.39 is 0 Å². The zero-order valence-corrected chi connectivity index (χ0v) is 8.71. The van der Waals surface area contributed by atoms with E-state index in [9.17, 15) is 10.0 Å². The number of nitroso groups, excluding NO2 is 1. The van der Waals surface area contributed by atoms with Crippen LogP contribution in [0.3, 0.4) is 0 Å². The summed E-state index contributed by atoms with van der Waals surface area (Å²) in [4.78, 5) is 14.5. The van der Waals surface area contributed by atoms with Gasteiger partial charge in [-0.3, -0.25) is 4.98 Å². The molecule has 1 heterocycles. The molecular weight excluding hydrogens is 204 g/mol. The van der Waals surface area contributed by atoms with Crippen LogP contribution in [0.25, 0.3) is 11.1 Å². The van der Waals surface area contributed by atoms with E-state index in [0.29, 0.717) is 0 Å². The van der Waals surface area contributed by atoms with Gasteiger partial charge in [0.2, 0.25) is 0 Å². The number of phenols is 1. The molecule has 0 aliphatic rings. The normalized spacial score (nSPS) is 10.1. The predicted molar refractivity (Wildman–Crippen MR) is 61.5 cm³/mol. The van der Waals surface area contributed by atoms with Crippen LogP contribution in [-0.4, -0.2) is 10.1 Å². The van der Waals surface area contributed by atoms with Crippen LogP contribution in [0.1, 0.15) is 5.69 Å². The lowest BCUT2D eigenvalue weighted by Crippen LogP contribution is -1.82. The van der Waals surface area contributed by atoms with Gasteiger partial charge in [0.25, 0.3) is 0 Å². The van der Waals surface area contributed by atoms with Gasteiger partial charge in [0.1, 0.15) is 11.4 Å². The number of pyridine rings is 1. The lowest BCUT2D eigenvalue weighted by molar-refractivity contribution is 0.476. The molecule has 4 heteroatoms. The van der Waals surface area contributed by atoms with Crippen molar-refractivity contribution in [1.82, 2.24) is 4.98 Å². The van der Waals surface area contributed by atoms with Crippen molar-refractivity contribution < 1.29 is 5.11 Å². The molecular formula is C12H10N2O2. The van der Waals surface area contributed by atoms with Gasteiger partial charge in [0.15, 0.2) is 0 Å². The number of rotatable bonds is 2. The molecule has 0 saturated heterocycles. The van der Waals surface area contributed by atoms with E-state index in [1.54, 1.807) is 18.3 Å². The van der Waals surface area contributed by atoms with Crippen LogP contribution in [0.15, 0.2) is 41.7 Å². The van der Waals surface area contributed by atoms with Crippen LogP contribution >= 0.6 is 0 Å². The third-order valence-corrected chi connectivity index (χ3v) is 2.24. The van der Waals surface area contributed by atoms with Gasteiger partial charge in [-0.25, -0.2) is 0 Å². The second-order valence-corrected chi connectivity index (χ2v) is 3.52. The summed E-state index contributed by atoms with van der Waals surface area (Å²) in [6, 6.07) is 8.23. The monoisotopic (exact) mass is 214 g/mol. The number of hydrogen-bond donors (Lipinski definition) is 1. The topological polar surface area (TPSA) is 62.6 Å². The van der Waals surface area contributed by atoms with Crippen molar-refractivity contribution in [1.29, 1.82) is 0 Å². The summed E-state index contributed by atoms with van der Waals surface area (Å²) < 4.78 is 0. The van der Waals surface area contributed by atoms with E-state index in [1.807, 2.05) is 19.1 Å². The molecule has 16 heavy (non-hydrogen) atoms. The Hall–Kier alpha value is -2.23. The van der Waals surface area contributed by atoms with Crippen molar-refractivity contribution in [3.05, 3.63) is 47.1 Å². The molecule has 1 N–H and O–H groups in total. The highest BCUT2D eigenvalue weighted by Gasteiger charge is 2.03. The number of aromatic hydroxyl groups is 1. The fourth-order valence-electron chi connectivity index (χ4n) is 1.54. The van der Waals surface area contributed by atoms with Crippen LogP contribution in [0.2, 0.25) is 0 Å². The highest BCUT2D eigenvalue weighted by molar-refractivity contribution is 5.69. The van der Waals surface area contributed by atoms with E-state index in [2.05, 4.69) is 10.2 Å². The molecule has 0 unspecified atom stereocenters. The van der Waals surface area contributed by atoms with E-state index in [1.165, 1.54) is 6.07 Å². The van der Waals surface area contributed by atoms with E-state index in [4.69, 9.17) is 0 Å². The van der Waals surface area contributed by atoms with Crippen molar-refractivity contribution in [2.75, 3.05) is 0 Å². The number of benzene rings is 1. The smallest absolute Gasteiger partial charge is 0.118 e. The van der Waals surface area contributed by atoms with Gasteiger partial charge in [0, 0.05) is 18.0 Å². The standard InChI is InChI=1S/C12H10N2O2/c1-8-4-9(2-3-13-8)10-5-11(14-16)7-12(15)6-10/h2-7,15H,1H3. The first kappa shape index (κ1) is 10.3. The SMILES string of the molecule is Cc1cc(-c2cc(O)cc(N=O)c2)ccn1. The van der Waals surface area contributed by atoms with Crippen molar-refractivity contribution in [3.63, 3.8) is 0 Å². The first-order chi connectivity index (χ1) is 7.69. The molecule has 0 aliphatic heterocycles. The predicted octanol–water partition coefficient (Wildman–Crippen LogP) is 3.16. The van der Waals surface area contributed by atoms with Gasteiger partial charge in [-0.15, -0.1) is 4.91 Å². The summed E-state index contributed by atoms with van der Waals surface area (Å²) in [7, 11) is 0. The minimum Gasteiger partial charge on any atom is -0.508 e. The maximum atomic E-state index is 10.4. The van der Waals surface area contributed by atoms with Crippen LogP contribution in [0.5, 0.6) is 5.75 Å². The van der Waals surface area contributed by atoms with E-state index >= 15 is 0 Å². The van der Waals surface area contributed by atoms with Gasteiger partial charge < -0.3 is 5.11 Å². The molecule has 80 valence electrons. The third-order valence-electron chi connectivity index (χ3n) is 2.24. The Balaban J connectivity index is 2.55. The van der Waals surface area contributed by atoms with E-state index in [0.717, 1.165) is 16.8 Å². The first-order valence-electron chi connectivity index (χ1n) is 4.79. The molecule has 0 radical (unpaired) electrons. The molecule has 0 spiro atoms. The van der Waals surface area contributed by atoms with Gasteiger partial charge in [-0.05, 0) is 47.5 Å². The molecule has 0 amide bonds. The van der Waals surface area contributed by atoms with Crippen molar-refractivity contribution in [2.45, 2.75) is 6.92 Å². The van der Waals surface area contributed by atoms with Crippen LogP contribution in [-0.2, 0) is 0 Å². The molecule has 4 nitrogen and oxygen atoms in total. The summed E-state index contributed by atoms with van der Waals surface area (Å²) >= 11 is 0. The second kappa shape index (κ2) is 4.10. The minimum atomic E-state index is 0.0292. The Morgan fingerprint density at radius 1 is 1.19 bits per heavy atom. The number of aromatic nitrogens is 1. The van der Waals surface area contributed by atoms with Gasteiger partial charge in [-0.1, -0.05) is 0 Å². The second-order valence-electron chi connectivity index (χ2n) is 3.52. The molecule has 0 bridgehead atoms. The lowest BCUT2D eigenvalue weighted by atomic mass is 10.1. The van der Waals surface area contributed by atoms with Gasteiger partial charge >= 0.3 is 0 Å². The third kappa shape index (κ3) is 2.06. The van der Waals surface area contributed by atoms with Crippen LogP contribution in [0, 0.1) is 11.8 Å². The van der Waals surface area contributed by atoms with Crippen molar-refractivity contribution >= 4 is 5.69 Å². The largest absolute Gasteiger partial charge is 0.508 e. The fraction of sp³-hybridized carbons (Fsp3) is 0.0833. The number of phenolic OH excluding ortho intramolecular Hbond substituents is 1. The highest BCUT2D eigenvalue weighted by Crippen LogP contribution is 2.29. The molecule has 0 aliphatic carbocycles. The van der Waals surface area contributed by atoms with Gasteiger partial charge in [0.05, 0.1) is 0 Å². The Morgan fingerprint density at radius 2 is 2.00 bits per heavy atom. The maximum Gasteiger partial charge on any atom is 0.118 e. The highest BCUT2D eigenvalue weighted by atomic mass is 16.3. The molecule has 0 fully saturated rings. The summed E-state index contributed by atoms with van der Waals surface area (Å²) in [5.41, 5.74) is 2.74. The van der Waals surface area contributed by atoms with Crippen molar-refractivity contribution in [3.8, 4) is 16.9 Å². The molecule has 0 atom stereocenters. The van der Waals surface area contributed by atoms with Crippen molar-refractivity contribution in [2.24, 2.45) is 5.18 Å². The number of nitrogens with zero attached hydrogens (tertiary/aromatic N) is 2. The Morgan fingerprint density at radius 3 is 2.69 bits per heavy atom. The molecule has 1 aromatic carbocycles. The molecule has 2 rings (SSSR count). The average molecular weight is 214 g/mol. The first-order valence-corrected chi connectivity index (χ1v) is 4.79. The molecule has 0 saturated carbocycles. The van der Waals surface area contributed by atoms with Crippen LogP contribution in [0.4, 0.5) is 5.69 Å². The minimum absolute atomic E-state index is 0.0292. The average Bonchev–Trinajstić information content (AvgIpc) is 2.28. The Kier molecular flexibility index (Phi) is 2.64. The Bertz CT molecular complexity index is 538. The number of aryl methyl sites for hydroxylation is 1. The molecule has 1 aromatic heterocycles. The zero-order chi connectivity index (χ0) is 11.5. The summed E-state index contributed by atoms with van der Waals surface area (Å²) in [5.74, 6) is 0.0292. The van der Waals surface area contributed by atoms with Gasteiger partial charge in [-0.2, -0.15) is 0 Å². The molecule has 2 aromatic rings. The fourth-order valence-corrected chi connectivity index (χ4v) is 1.54.